The first-order valence-corrected chi connectivity index (χ1v) is 9.81. The number of carbonyl (C=O) groups excluding carboxylic acids is 3. The number of hydrogen-bond acceptors (Lipinski definition) is 4. The monoisotopic (exact) mass is 420 g/mol. The van der Waals surface area contributed by atoms with Crippen LogP contribution in [-0.4, -0.2) is 33.2 Å². The molecular formula is C20H22ClFN4O3. The highest BCUT2D eigenvalue weighted by Gasteiger charge is 2.34. The second kappa shape index (κ2) is 8.32. The quantitative estimate of drug-likeness (QED) is 0.426. The summed E-state index contributed by atoms with van der Waals surface area (Å²) in [4.78, 5) is 41.5. The van der Waals surface area contributed by atoms with Gasteiger partial charge in [-0.15, -0.1) is 0 Å². The number of aryl methyl sites for hydroxylation is 1. The number of aromatic nitrogens is 2. The Hall–Kier alpha value is -2.74. The maximum atomic E-state index is 13.4. The molecule has 2 N–H and O–H groups in total. The second-order valence-electron chi connectivity index (χ2n) is 7.14. The zero-order chi connectivity index (χ0) is 21.3. The number of carbonyl (C=O) groups is 3. The highest BCUT2D eigenvalue weighted by atomic mass is 35.5. The Morgan fingerprint density at radius 1 is 1.38 bits per heavy atom. The molecule has 29 heavy (non-hydrogen) atoms. The van der Waals surface area contributed by atoms with E-state index in [0.29, 0.717) is 30.8 Å². The largest absolute Gasteiger partial charge is 0.347 e. The topological polar surface area (TPSA) is 93.1 Å². The molecule has 0 spiro atoms. The Bertz CT molecular complexity index is 1000. The molecule has 1 unspecified atom stereocenters. The van der Waals surface area contributed by atoms with Gasteiger partial charge in [0.05, 0.1) is 22.5 Å². The number of hydrogen-bond donors (Lipinski definition) is 2. The molecule has 0 aliphatic carbocycles. The molecule has 9 heteroatoms. The molecule has 1 aliphatic rings. The van der Waals surface area contributed by atoms with Gasteiger partial charge in [0.25, 0.3) is 17.6 Å². The number of fused-ring (bicyclic) bond motifs is 1. The normalized spacial score (nSPS) is 13.7. The number of rotatable bonds is 6. The molecule has 154 valence electrons. The molecule has 1 atom stereocenters. The summed E-state index contributed by atoms with van der Waals surface area (Å²) < 4.78 is 15.0. The third-order valence-electron chi connectivity index (χ3n) is 5.02. The maximum Gasteiger partial charge on any atom is 0.294 e. The fourth-order valence-corrected chi connectivity index (χ4v) is 3.70. The van der Waals surface area contributed by atoms with Crippen molar-refractivity contribution in [2.45, 2.75) is 52.6 Å². The molecule has 0 saturated heterocycles. The van der Waals surface area contributed by atoms with Crippen LogP contribution in [0.3, 0.4) is 0 Å². The van der Waals surface area contributed by atoms with Crippen molar-refractivity contribution in [1.29, 1.82) is 0 Å². The summed E-state index contributed by atoms with van der Waals surface area (Å²) >= 11 is 6.42. The van der Waals surface area contributed by atoms with Gasteiger partial charge in [0.15, 0.2) is 0 Å². The van der Waals surface area contributed by atoms with Crippen LogP contribution in [0.5, 0.6) is 0 Å². The van der Waals surface area contributed by atoms with Gasteiger partial charge in [0, 0.05) is 23.8 Å². The summed E-state index contributed by atoms with van der Waals surface area (Å²) in [5.41, 5.74) is 1.39. The first-order chi connectivity index (χ1) is 13.7. The first kappa shape index (κ1) is 21.0. The third-order valence-corrected chi connectivity index (χ3v) is 5.39. The van der Waals surface area contributed by atoms with Crippen LogP contribution in [0, 0.1) is 12.9 Å². The summed E-state index contributed by atoms with van der Waals surface area (Å²) in [6.45, 7) is 5.73. The van der Waals surface area contributed by atoms with Gasteiger partial charge in [-0.1, -0.05) is 18.5 Å². The number of Topliss-reactive ketones (excluding diaryl/α,β-unsaturated/α-hetero) is 1. The number of ketones is 1. The van der Waals surface area contributed by atoms with Crippen molar-refractivity contribution in [3.8, 4) is 0 Å². The van der Waals surface area contributed by atoms with Crippen LogP contribution in [-0.2, 0) is 17.8 Å². The number of anilines is 1. The van der Waals surface area contributed by atoms with Crippen LogP contribution in [0.1, 0.15) is 58.8 Å². The van der Waals surface area contributed by atoms with Crippen molar-refractivity contribution in [3.05, 3.63) is 45.7 Å². The van der Waals surface area contributed by atoms with E-state index in [1.165, 1.54) is 19.2 Å². The maximum absolute atomic E-state index is 13.4. The van der Waals surface area contributed by atoms with Gasteiger partial charge in [-0.05, 0) is 39.2 Å². The molecule has 3 rings (SSSR count). The smallest absolute Gasteiger partial charge is 0.294 e. The number of amides is 2. The number of nitrogens with one attached hydrogen (secondary N) is 2. The van der Waals surface area contributed by atoms with Gasteiger partial charge in [-0.3, -0.25) is 14.4 Å². The number of halogens is 2. The van der Waals surface area contributed by atoms with Crippen molar-refractivity contribution in [2.75, 3.05) is 5.32 Å². The molecule has 7 nitrogen and oxygen atoms in total. The van der Waals surface area contributed by atoms with Gasteiger partial charge < -0.3 is 15.2 Å². The Balaban J connectivity index is 1.93. The SMILES string of the molecule is CCC(C)NC(=O)C(=O)c1c(Cl)c(C(=O)Nc2cnc(F)c(C)c2)c2n1CCC2. The molecule has 0 fully saturated rings. The summed E-state index contributed by atoms with van der Waals surface area (Å²) in [5, 5.41) is 5.23. The van der Waals surface area contributed by atoms with Gasteiger partial charge >= 0.3 is 0 Å². The second-order valence-corrected chi connectivity index (χ2v) is 7.52. The fraction of sp³-hybridized carbons (Fsp3) is 0.400. The Morgan fingerprint density at radius 3 is 2.76 bits per heavy atom. The Kier molecular flexibility index (Phi) is 6.02. The zero-order valence-electron chi connectivity index (χ0n) is 16.4. The molecule has 0 aromatic carbocycles. The predicted molar refractivity (Wildman–Crippen MR) is 107 cm³/mol. The predicted octanol–water partition coefficient (Wildman–Crippen LogP) is 3.28. The lowest BCUT2D eigenvalue weighted by Crippen LogP contribution is -2.38. The molecule has 2 amide bonds. The van der Waals surface area contributed by atoms with Gasteiger partial charge in [0.2, 0.25) is 5.95 Å². The lowest BCUT2D eigenvalue weighted by Gasteiger charge is -2.11. The van der Waals surface area contributed by atoms with Crippen LogP contribution in [0.25, 0.3) is 0 Å². The van der Waals surface area contributed by atoms with Gasteiger partial charge in [-0.25, -0.2) is 4.98 Å². The minimum atomic E-state index is -0.767. The minimum Gasteiger partial charge on any atom is -0.347 e. The Labute approximate surface area is 172 Å². The van der Waals surface area contributed by atoms with E-state index < -0.39 is 23.5 Å². The van der Waals surface area contributed by atoms with Gasteiger partial charge in [-0.2, -0.15) is 4.39 Å². The number of nitrogens with zero attached hydrogens (tertiary/aromatic N) is 2. The summed E-state index contributed by atoms with van der Waals surface area (Å²) in [7, 11) is 0. The summed E-state index contributed by atoms with van der Waals surface area (Å²) in [5.74, 6) is -2.67. The fourth-order valence-electron chi connectivity index (χ4n) is 3.32. The van der Waals surface area contributed by atoms with E-state index in [-0.39, 0.29) is 27.9 Å². The van der Waals surface area contributed by atoms with Crippen LogP contribution in [0.4, 0.5) is 10.1 Å². The Morgan fingerprint density at radius 2 is 2.10 bits per heavy atom. The van der Waals surface area contributed by atoms with E-state index in [2.05, 4.69) is 15.6 Å². The zero-order valence-corrected chi connectivity index (χ0v) is 17.2. The minimum absolute atomic E-state index is 0.0264. The lowest BCUT2D eigenvalue weighted by molar-refractivity contribution is -0.117. The van der Waals surface area contributed by atoms with Crippen LogP contribution in [0.15, 0.2) is 12.3 Å². The average molecular weight is 421 g/mol. The van der Waals surface area contributed by atoms with Crippen molar-refractivity contribution in [3.63, 3.8) is 0 Å². The van der Waals surface area contributed by atoms with E-state index >= 15 is 0 Å². The molecule has 0 bridgehead atoms. The van der Waals surface area contributed by atoms with Crippen molar-refractivity contribution in [2.24, 2.45) is 0 Å². The highest BCUT2D eigenvalue weighted by Crippen LogP contribution is 2.34. The molecule has 3 heterocycles. The van der Waals surface area contributed by atoms with E-state index in [1.54, 1.807) is 11.5 Å². The van der Waals surface area contributed by atoms with Crippen molar-refractivity contribution in [1.82, 2.24) is 14.9 Å². The third kappa shape index (κ3) is 4.03. The van der Waals surface area contributed by atoms with E-state index in [0.717, 1.165) is 6.42 Å². The molecule has 2 aromatic rings. The van der Waals surface area contributed by atoms with E-state index in [4.69, 9.17) is 11.6 Å². The molecular weight excluding hydrogens is 399 g/mol. The molecule has 1 aliphatic heterocycles. The van der Waals surface area contributed by atoms with Crippen molar-refractivity contribution >= 4 is 34.9 Å². The van der Waals surface area contributed by atoms with Crippen LogP contribution in [0.2, 0.25) is 5.02 Å². The summed E-state index contributed by atoms with van der Waals surface area (Å²) in [6, 6.07) is 1.30. The lowest BCUT2D eigenvalue weighted by atomic mass is 10.1. The van der Waals surface area contributed by atoms with Gasteiger partial charge in [0.1, 0.15) is 5.69 Å². The first-order valence-electron chi connectivity index (χ1n) is 9.44. The average Bonchev–Trinajstić information content (AvgIpc) is 3.23. The van der Waals surface area contributed by atoms with Crippen LogP contribution >= 0.6 is 11.6 Å². The van der Waals surface area contributed by atoms with E-state index in [1.807, 2.05) is 6.92 Å². The van der Waals surface area contributed by atoms with E-state index in [9.17, 15) is 18.8 Å². The highest BCUT2D eigenvalue weighted by molar-refractivity contribution is 6.48. The van der Waals surface area contributed by atoms with Crippen molar-refractivity contribution < 1.29 is 18.8 Å². The summed E-state index contributed by atoms with van der Waals surface area (Å²) in [6.07, 6.45) is 3.18. The molecule has 2 aromatic heterocycles. The molecule has 0 saturated carbocycles. The molecule has 0 radical (unpaired) electrons. The number of pyridine rings is 1. The van der Waals surface area contributed by atoms with Crippen LogP contribution < -0.4 is 10.6 Å². The standard InChI is InChI=1S/C20H22ClFN4O3/c1-4-11(3)24-20(29)17(27)16-15(21)14(13-6-5-7-26(13)16)19(28)25-12-8-10(2)18(22)23-9-12/h8-9,11H,4-7H2,1-3H3,(H,24,29)(H,25,28).